The number of amides is 2. The van der Waals surface area contributed by atoms with Crippen molar-refractivity contribution >= 4 is 23.6 Å². The zero-order valence-electron chi connectivity index (χ0n) is 16.9. The number of carbonyl (C=O) groups excluding carboxylic acids is 2. The standard InChI is InChI=1S/C26H17FN2O2S/c27-19-9-7-18(8-10-19)24-23(17-11-13-28-14-12-17)16-20(32-24)4-3-15-29-25(30)21-5-1-2-6-22(21)26(29)31/h1-2,5-14,16,23-24H,15H2. The van der Waals surface area contributed by atoms with E-state index in [0.29, 0.717) is 11.1 Å². The van der Waals surface area contributed by atoms with Crippen molar-refractivity contribution in [2.45, 2.75) is 11.2 Å². The monoisotopic (exact) mass is 440 g/mol. The van der Waals surface area contributed by atoms with E-state index in [1.165, 1.54) is 17.0 Å². The second-order valence-corrected chi connectivity index (χ2v) is 8.65. The number of nitrogens with zero attached hydrogens (tertiary/aromatic N) is 2. The molecule has 2 aliphatic rings. The van der Waals surface area contributed by atoms with Gasteiger partial charge in [-0.25, -0.2) is 4.39 Å². The third-order valence-electron chi connectivity index (χ3n) is 5.53. The average Bonchev–Trinajstić information content (AvgIpc) is 3.35. The summed E-state index contributed by atoms with van der Waals surface area (Å²) in [5.74, 6) is 5.27. The van der Waals surface area contributed by atoms with E-state index in [1.807, 2.05) is 12.1 Å². The zero-order chi connectivity index (χ0) is 22.1. The van der Waals surface area contributed by atoms with Gasteiger partial charge in [0.25, 0.3) is 11.8 Å². The highest BCUT2D eigenvalue weighted by molar-refractivity contribution is 8.03. The molecule has 2 amide bonds. The number of pyridine rings is 1. The van der Waals surface area contributed by atoms with Gasteiger partial charge in [-0.2, -0.15) is 0 Å². The molecule has 156 valence electrons. The molecule has 6 heteroatoms. The summed E-state index contributed by atoms with van der Waals surface area (Å²) in [6.07, 6.45) is 5.59. The van der Waals surface area contributed by atoms with Crippen LogP contribution in [-0.4, -0.2) is 28.2 Å². The largest absolute Gasteiger partial charge is 0.269 e. The van der Waals surface area contributed by atoms with Gasteiger partial charge in [-0.05, 0) is 47.5 Å². The molecule has 0 aliphatic carbocycles. The molecular formula is C26H17FN2O2S. The molecule has 2 atom stereocenters. The van der Waals surface area contributed by atoms with Crippen molar-refractivity contribution in [3.05, 3.63) is 112 Å². The molecule has 5 rings (SSSR count). The van der Waals surface area contributed by atoms with Crippen molar-refractivity contribution < 1.29 is 14.0 Å². The summed E-state index contributed by atoms with van der Waals surface area (Å²) >= 11 is 1.60. The Morgan fingerprint density at radius 2 is 1.56 bits per heavy atom. The van der Waals surface area contributed by atoms with Gasteiger partial charge >= 0.3 is 0 Å². The number of allylic oxidation sites excluding steroid dienone is 2. The van der Waals surface area contributed by atoms with Crippen LogP contribution >= 0.6 is 11.8 Å². The van der Waals surface area contributed by atoms with Crippen LogP contribution in [0, 0.1) is 17.7 Å². The Morgan fingerprint density at radius 3 is 2.22 bits per heavy atom. The van der Waals surface area contributed by atoms with Crippen LogP contribution in [0.25, 0.3) is 0 Å². The van der Waals surface area contributed by atoms with Crippen molar-refractivity contribution in [2.24, 2.45) is 0 Å². The topological polar surface area (TPSA) is 50.3 Å². The number of hydrogen-bond donors (Lipinski definition) is 0. The van der Waals surface area contributed by atoms with E-state index < -0.39 is 0 Å². The average molecular weight is 440 g/mol. The molecule has 4 nitrogen and oxygen atoms in total. The molecule has 0 fully saturated rings. The molecule has 0 bridgehead atoms. The summed E-state index contributed by atoms with van der Waals surface area (Å²) in [4.78, 5) is 31.2. The van der Waals surface area contributed by atoms with Gasteiger partial charge in [-0.15, -0.1) is 11.8 Å². The van der Waals surface area contributed by atoms with E-state index in [1.54, 1.807) is 60.6 Å². The maximum atomic E-state index is 13.4. The quantitative estimate of drug-likeness (QED) is 0.426. The van der Waals surface area contributed by atoms with E-state index in [4.69, 9.17) is 0 Å². The van der Waals surface area contributed by atoms with Gasteiger partial charge in [0.1, 0.15) is 5.82 Å². The van der Waals surface area contributed by atoms with E-state index in [9.17, 15) is 14.0 Å². The molecule has 2 aliphatic heterocycles. The van der Waals surface area contributed by atoms with Crippen LogP contribution in [0.4, 0.5) is 4.39 Å². The van der Waals surface area contributed by atoms with Gasteiger partial charge in [0.05, 0.1) is 22.6 Å². The van der Waals surface area contributed by atoms with Crippen LogP contribution in [0.15, 0.2) is 84.0 Å². The molecule has 0 spiro atoms. The number of thioether (sulfide) groups is 1. The second-order valence-electron chi connectivity index (χ2n) is 7.47. The van der Waals surface area contributed by atoms with Crippen LogP contribution in [0.2, 0.25) is 0 Å². The first-order valence-electron chi connectivity index (χ1n) is 10.1. The number of imide groups is 1. The lowest BCUT2D eigenvalue weighted by atomic mass is 9.92. The molecule has 3 heterocycles. The molecule has 0 radical (unpaired) electrons. The predicted molar refractivity (Wildman–Crippen MR) is 121 cm³/mol. The maximum Gasteiger partial charge on any atom is 0.262 e. The Morgan fingerprint density at radius 1 is 0.906 bits per heavy atom. The molecule has 0 saturated carbocycles. The van der Waals surface area contributed by atoms with E-state index >= 15 is 0 Å². The van der Waals surface area contributed by atoms with E-state index in [2.05, 4.69) is 22.9 Å². The third-order valence-corrected chi connectivity index (χ3v) is 6.84. The molecule has 0 N–H and O–H groups in total. The van der Waals surface area contributed by atoms with Crippen LogP contribution in [0.5, 0.6) is 0 Å². The van der Waals surface area contributed by atoms with Gasteiger partial charge in [-0.1, -0.05) is 42.2 Å². The van der Waals surface area contributed by atoms with Gasteiger partial charge < -0.3 is 0 Å². The molecule has 32 heavy (non-hydrogen) atoms. The summed E-state index contributed by atoms with van der Waals surface area (Å²) in [5.41, 5.74) is 2.94. The molecule has 0 saturated heterocycles. The number of halogens is 1. The summed E-state index contributed by atoms with van der Waals surface area (Å²) in [6, 6.07) is 17.3. The summed E-state index contributed by atoms with van der Waals surface area (Å²) in [5, 5.41) is 0.0432. The van der Waals surface area contributed by atoms with Crippen molar-refractivity contribution in [1.29, 1.82) is 0 Å². The summed E-state index contributed by atoms with van der Waals surface area (Å²) in [7, 11) is 0. The number of hydrogen-bond acceptors (Lipinski definition) is 4. The van der Waals surface area contributed by atoms with Crippen LogP contribution in [-0.2, 0) is 0 Å². The number of fused-ring (bicyclic) bond motifs is 1. The normalized spacial score (nSPS) is 19.4. The lowest BCUT2D eigenvalue weighted by Gasteiger charge is -2.19. The van der Waals surface area contributed by atoms with Gasteiger partial charge in [-0.3, -0.25) is 19.5 Å². The smallest absolute Gasteiger partial charge is 0.262 e. The predicted octanol–water partition coefficient (Wildman–Crippen LogP) is 4.98. The maximum absolute atomic E-state index is 13.4. The van der Waals surface area contributed by atoms with Crippen molar-refractivity contribution in [2.75, 3.05) is 6.54 Å². The minimum Gasteiger partial charge on any atom is -0.269 e. The number of benzene rings is 2. The Hall–Kier alpha value is -3.69. The number of rotatable bonds is 3. The number of aromatic nitrogens is 1. The fourth-order valence-corrected chi connectivity index (χ4v) is 5.25. The third kappa shape index (κ3) is 3.72. The highest BCUT2D eigenvalue weighted by Gasteiger charge is 2.34. The molecule has 1 aromatic heterocycles. The van der Waals surface area contributed by atoms with Gasteiger partial charge in [0, 0.05) is 23.6 Å². The number of carbonyl (C=O) groups is 2. The molecular weight excluding hydrogens is 423 g/mol. The molecule has 2 unspecified atom stereocenters. The van der Waals surface area contributed by atoms with Crippen LogP contribution in [0.1, 0.15) is 43.0 Å². The van der Waals surface area contributed by atoms with Crippen molar-refractivity contribution in [3.8, 4) is 11.8 Å². The first kappa shape index (κ1) is 20.2. The minimum atomic E-state index is -0.313. The molecule has 3 aromatic rings. The second kappa shape index (κ2) is 8.45. The fraction of sp³-hybridized carbons (Fsp3) is 0.115. The zero-order valence-corrected chi connectivity index (χ0v) is 17.7. The van der Waals surface area contributed by atoms with Crippen molar-refractivity contribution in [3.63, 3.8) is 0 Å². The van der Waals surface area contributed by atoms with Gasteiger partial charge in [0.2, 0.25) is 0 Å². The SMILES string of the molecule is O=C1c2ccccc2C(=O)N1CC#CC1=CC(c2ccncc2)C(c2ccc(F)cc2)S1. The Bertz CT molecular complexity index is 1260. The van der Waals surface area contributed by atoms with Crippen molar-refractivity contribution in [1.82, 2.24) is 9.88 Å². The lowest BCUT2D eigenvalue weighted by molar-refractivity contribution is 0.0675. The highest BCUT2D eigenvalue weighted by Crippen LogP contribution is 2.51. The Kier molecular flexibility index (Phi) is 5.34. The van der Waals surface area contributed by atoms with Gasteiger partial charge in [0.15, 0.2) is 0 Å². The lowest BCUT2D eigenvalue weighted by Crippen LogP contribution is -2.29. The summed E-state index contributed by atoms with van der Waals surface area (Å²) < 4.78 is 13.4. The highest BCUT2D eigenvalue weighted by atomic mass is 32.2. The van der Waals surface area contributed by atoms with E-state index in [0.717, 1.165) is 16.0 Å². The first-order valence-corrected chi connectivity index (χ1v) is 11.0. The van der Waals surface area contributed by atoms with Crippen LogP contribution < -0.4 is 0 Å². The summed E-state index contributed by atoms with van der Waals surface area (Å²) in [6.45, 7) is 0.0331. The van der Waals surface area contributed by atoms with Crippen LogP contribution in [0.3, 0.4) is 0 Å². The fourth-order valence-electron chi connectivity index (χ4n) is 3.94. The Labute approximate surface area is 189 Å². The first-order chi connectivity index (χ1) is 15.6. The minimum absolute atomic E-state index is 0.0331. The Balaban J connectivity index is 1.38. The van der Waals surface area contributed by atoms with E-state index in [-0.39, 0.29) is 35.3 Å². The molecule has 2 aromatic carbocycles.